The van der Waals surface area contributed by atoms with Crippen molar-refractivity contribution in [3.8, 4) is 0 Å². The van der Waals surface area contributed by atoms with Gasteiger partial charge in [-0.2, -0.15) is 0 Å². The standard InChI is InChI=1S/C26H35N3OS2/c1-25(2,3)32(30)29-24-21-7-5-4-6-20(21)14-26(24)12-10-19(11-13-26)22-15-28-23(16-27-22)31-17-18-8-9-18/h4-7,15-16,18-19,24,29H,8-14,17H2,1-3H3/t19?,24-,26?,32?/m0/s1. The Balaban J connectivity index is 1.28. The van der Waals surface area contributed by atoms with Crippen molar-refractivity contribution in [2.24, 2.45) is 11.3 Å². The lowest BCUT2D eigenvalue weighted by molar-refractivity contribution is 0.139. The lowest BCUT2D eigenvalue weighted by Gasteiger charge is -2.42. The number of nitrogens with zero attached hydrogens (tertiary/aromatic N) is 2. The third-order valence-electron chi connectivity index (χ3n) is 7.51. The number of nitrogens with one attached hydrogen (secondary N) is 1. The number of rotatable bonds is 6. The average molecular weight is 470 g/mol. The molecule has 0 amide bonds. The fourth-order valence-electron chi connectivity index (χ4n) is 5.31. The summed E-state index contributed by atoms with van der Waals surface area (Å²) in [6.45, 7) is 6.14. The van der Waals surface area contributed by atoms with Crippen molar-refractivity contribution in [2.45, 2.75) is 87.4 Å². The van der Waals surface area contributed by atoms with Crippen LogP contribution < -0.4 is 4.72 Å². The molecule has 0 aliphatic heterocycles. The van der Waals surface area contributed by atoms with E-state index in [0.29, 0.717) is 5.92 Å². The van der Waals surface area contributed by atoms with Crippen LogP contribution in [0.1, 0.15) is 88.1 Å². The Morgan fingerprint density at radius 3 is 2.50 bits per heavy atom. The highest BCUT2D eigenvalue weighted by molar-refractivity contribution is 7.99. The van der Waals surface area contributed by atoms with Crippen molar-refractivity contribution in [2.75, 3.05) is 5.75 Å². The van der Waals surface area contributed by atoms with Crippen molar-refractivity contribution in [3.05, 3.63) is 53.5 Å². The van der Waals surface area contributed by atoms with Gasteiger partial charge in [0, 0.05) is 29.2 Å². The minimum absolute atomic E-state index is 0.147. The maximum absolute atomic E-state index is 13.1. The van der Waals surface area contributed by atoms with E-state index in [1.54, 1.807) is 0 Å². The summed E-state index contributed by atoms with van der Waals surface area (Å²) in [5.74, 6) is 2.57. The van der Waals surface area contributed by atoms with Crippen molar-refractivity contribution in [1.29, 1.82) is 0 Å². The Morgan fingerprint density at radius 2 is 1.84 bits per heavy atom. The first-order chi connectivity index (χ1) is 15.3. The van der Waals surface area contributed by atoms with Crippen LogP contribution in [0.4, 0.5) is 0 Å². The number of benzene rings is 1. The Bertz CT molecular complexity index is 931. The number of hydrogen-bond acceptors (Lipinski definition) is 5. The van der Waals surface area contributed by atoms with E-state index in [4.69, 9.17) is 9.97 Å². The van der Waals surface area contributed by atoms with Gasteiger partial charge in [0.2, 0.25) is 0 Å². The minimum atomic E-state index is -1.09. The zero-order chi connectivity index (χ0) is 22.3. The fraction of sp³-hybridized carbons (Fsp3) is 0.615. The minimum Gasteiger partial charge on any atom is -0.598 e. The molecule has 6 heteroatoms. The molecular formula is C26H35N3OS2. The summed E-state index contributed by atoms with van der Waals surface area (Å²) >= 11 is 0.766. The van der Waals surface area contributed by atoms with E-state index in [1.807, 2.05) is 44.9 Å². The molecule has 172 valence electrons. The molecule has 0 bridgehead atoms. The molecule has 1 aromatic heterocycles. The van der Waals surface area contributed by atoms with Crippen molar-refractivity contribution >= 4 is 23.1 Å². The van der Waals surface area contributed by atoms with Crippen molar-refractivity contribution in [3.63, 3.8) is 0 Å². The topological polar surface area (TPSA) is 60.9 Å². The molecule has 2 aromatic rings. The van der Waals surface area contributed by atoms with Gasteiger partial charge in [-0.05, 0) is 88.2 Å². The first-order valence-electron chi connectivity index (χ1n) is 12.0. The highest BCUT2D eigenvalue weighted by Crippen LogP contribution is 2.56. The van der Waals surface area contributed by atoms with Crippen LogP contribution in [0.2, 0.25) is 0 Å². The van der Waals surface area contributed by atoms with E-state index in [1.165, 1.54) is 29.7 Å². The summed E-state index contributed by atoms with van der Waals surface area (Å²) in [7, 11) is 0. The van der Waals surface area contributed by atoms with Gasteiger partial charge in [-0.1, -0.05) is 24.3 Å². The molecule has 2 saturated carbocycles. The Hall–Kier alpha value is -1.08. The Morgan fingerprint density at radius 1 is 1.09 bits per heavy atom. The molecule has 1 spiro atoms. The Kier molecular flexibility index (Phi) is 6.34. The number of hydrogen-bond donors (Lipinski definition) is 1. The Labute approximate surface area is 200 Å². The second-order valence-electron chi connectivity index (χ2n) is 11.0. The molecule has 5 rings (SSSR count). The van der Waals surface area contributed by atoms with E-state index in [2.05, 4.69) is 29.0 Å². The molecular weight excluding hydrogens is 434 g/mol. The van der Waals surface area contributed by atoms with Gasteiger partial charge in [0.15, 0.2) is 0 Å². The second kappa shape index (κ2) is 8.94. The molecule has 1 N–H and O–H groups in total. The second-order valence-corrected chi connectivity index (χ2v) is 14.0. The molecule has 0 radical (unpaired) electrons. The number of fused-ring (bicyclic) bond motifs is 1. The van der Waals surface area contributed by atoms with Gasteiger partial charge in [0.05, 0.1) is 17.9 Å². The van der Waals surface area contributed by atoms with Crippen LogP contribution >= 0.6 is 11.8 Å². The van der Waals surface area contributed by atoms with Gasteiger partial charge < -0.3 is 4.55 Å². The molecule has 2 fully saturated rings. The molecule has 0 saturated heterocycles. The zero-order valence-corrected chi connectivity index (χ0v) is 21.1. The monoisotopic (exact) mass is 469 g/mol. The summed E-state index contributed by atoms with van der Waals surface area (Å²) < 4.78 is 16.3. The highest BCUT2D eigenvalue weighted by Gasteiger charge is 2.50. The van der Waals surface area contributed by atoms with Gasteiger partial charge in [0.1, 0.15) is 9.77 Å². The van der Waals surface area contributed by atoms with Crippen LogP contribution in [0.25, 0.3) is 0 Å². The molecule has 1 heterocycles. The van der Waals surface area contributed by atoms with Crippen LogP contribution in [-0.4, -0.2) is 25.0 Å². The first kappa shape index (κ1) is 22.7. The van der Waals surface area contributed by atoms with Gasteiger partial charge in [-0.3, -0.25) is 4.98 Å². The van der Waals surface area contributed by atoms with E-state index in [9.17, 15) is 4.55 Å². The lowest BCUT2D eigenvalue weighted by atomic mass is 9.66. The summed E-state index contributed by atoms with van der Waals surface area (Å²) in [6, 6.07) is 8.91. The SMILES string of the molecule is CC(C)(C)[S+]([O-])N[C@H]1c2ccccc2CC12CCC(c1cnc(SCC3CC3)cn1)CC2. The molecule has 3 aliphatic rings. The van der Waals surface area contributed by atoms with Crippen LogP contribution in [-0.2, 0) is 17.8 Å². The predicted octanol–water partition coefficient (Wildman–Crippen LogP) is 5.97. The van der Waals surface area contributed by atoms with Crippen LogP contribution in [0.3, 0.4) is 0 Å². The summed E-state index contributed by atoms with van der Waals surface area (Å²) in [4.78, 5) is 9.51. The normalized spacial score (nSPS) is 28.6. The van der Waals surface area contributed by atoms with Gasteiger partial charge >= 0.3 is 0 Å². The van der Waals surface area contributed by atoms with Crippen LogP contribution in [0.5, 0.6) is 0 Å². The zero-order valence-electron chi connectivity index (χ0n) is 19.5. The van der Waals surface area contributed by atoms with E-state index in [0.717, 1.165) is 48.7 Å². The number of aromatic nitrogens is 2. The third kappa shape index (κ3) is 4.75. The molecule has 4 nitrogen and oxygen atoms in total. The van der Waals surface area contributed by atoms with Crippen LogP contribution in [0, 0.1) is 11.3 Å². The summed E-state index contributed by atoms with van der Waals surface area (Å²) in [5.41, 5.74) is 4.06. The van der Waals surface area contributed by atoms with Crippen molar-refractivity contribution < 1.29 is 4.55 Å². The number of thioether (sulfide) groups is 1. The van der Waals surface area contributed by atoms with Crippen LogP contribution in [0.15, 0.2) is 41.7 Å². The predicted molar refractivity (Wildman–Crippen MR) is 133 cm³/mol. The smallest absolute Gasteiger partial charge is 0.136 e. The molecule has 1 unspecified atom stereocenters. The molecule has 32 heavy (non-hydrogen) atoms. The largest absolute Gasteiger partial charge is 0.598 e. The highest BCUT2D eigenvalue weighted by atomic mass is 32.2. The van der Waals surface area contributed by atoms with Crippen molar-refractivity contribution in [1.82, 2.24) is 14.7 Å². The fourth-order valence-corrected chi connectivity index (χ4v) is 7.25. The quantitative estimate of drug-likeness (QED) is 0.417. The van der Waals surface area contributed by atoms with E-state index < -0.39 is 11.4 Å². The lowest BCUT2D eigenvalue weighted by Crippen LogP contribution is -2.46. The third-order valence-corrected chi connectivity index (χ3v) is 10.2. The van der Waals surface area contributed by atoms with E-state index in [-0.39, 0.29) is 16.2 Å². The summed E-state index contributed by atoms with van der Waals surface area (Å²) in [6.07, 6.45) is 12.3. The van der Waals surface area contributed by atoms with E-state index >= 15 is 0 Å². The maximum Gasteiger partial charge on any atom is 0.136 e. The summed E-state index contributed by atoms with van der Waals surface area (Å²) in [5, 5.41) is 1.06. The molecule has 3 aliphatic carbocycles. The maximum atomic E-state index is 13.1. The molecule has 2 atom stereocenters. The van der Waals surface area contributed by atoms with Gasteiger partial charge in [-0.15, -0.1) is 16.5 Å². The molecule has 1 aromatic carbocycles. The first-order valence-corrected chi connectivity index (χ1v) is 14.2. The average Bonchev–Trinajstić information content (AvgIpc) is 3.57. The van der Waals surface area contributed by atoms with Gasteiger partial charge in [0.25, 0.3) is 0 Å². The van der Waals surface area contributed by atoms with Gasteiger partial charge in [-0.25, -0.2) is 4.98 Å².